The van der Waals surface area contributed by atoms with E-state index in [0.29, 0.717) is 18.5 Å². The average molecular weight is 261 g/mol. The van der Waals surface area contributed by atoms with E-state index in [-0.39, 0.29) is 11.8 Å². The van der Waals surface area contributed by atoms with Gasteiger partial charge in [-0.05, 0) is 25.5 Å². The van der Waals surface area contributed by atoms with Gasteiger partial charge in [-0.15, -0.1) is 0 Å². The molecule has 1 aromatic rings. The van der Waals surface area contributed by atoms with Crippen molar-refractivity contribution in [3.05, 3.63) is 35.4 Å². The number of carbonyl (C=O) groups excluding carboxylic acids is 3. The maximum absolute atomic E-state index is 11.8. The Balaban J connectivity index is 1.79. The molecular weight excluding hydrogens is 246 g/mol. The lowest BCUT2D eigenvalue weighted by atomic mass is 10.1. The van der Waals surface area contributed by atoms with Crippen LogP contribution in [0.1, 0.15) is 22.3 Å². The summed E-state index contributed by atoms with van der Waals surface area (Å²) >= 11 is 0. The van der Waals surface area contributed by atoms with Crippen molar-refractivity contribution in [3.63, 3.8) is 0 Å². The van der Waals surface area contributed by atoms with Crippen molar-refractivity contribution in [1.29, 1.82) is 0 Å². The molecular formula is C13H15N3O3. The molecule has 3 N–H and O–H groups in total. The van der Waals surface area contributed by atoms with Crippen molar-refractivity contribution in [1.82, 2.24) is 16.0 Å². The van der Waals surface area contributed by atoms with Gasteiger partial charge in [-0.1, -0.05) is 17.7 Å². The number of nitrogens with one attached hydrogen (secondary N) is 3. The second-order valence-corrected chi connectivity index (χ2v) is 4.43. The molecule has 6 nitrogen and oxygen atoms in total. The first kappa shape index (κ1) is 13.1. The Morgan fingerprint density at radius 2 is 1.95 bits per heavy atom. The van der Waals surface area contributed by atoms with E-state index in [0.717, 1.165) is 5.56 Å². The van der Waals surface area contributed by atoms with Crippen LogP contribution >= 0.6 is 0 Å². The first-order valence-corrected chi connectivity index (χ1v) is 6.02. The van der Waals surface area contributed by atoms with E-state index in [4.69, 9.17) is 0 Å². The minimum Gasteiger partial charge on any atom is -0.352 e. The Bertz CT molecular complexity index is 510. The molecule has 0 radical (unpaired) electrons. The zero-order chi connectivity index (χ0) is 13.8. The molecule has 6 heteroatoms. The molecule has 0 bridgehead atoms. The summed E-state index contributed by atoms with van der Waals surface area (Å²) < 4.78 is 0. The van der Waals surface area contributed by atoms with E-state index < -0.39 is 12.1 Å². The second-order valence-electron chi connectivity index (χ2n) is 4.43. The van der Waals surface area contributed by atoms with E-state index in [9.17, 15) is 14.4 Å². The standard InChI is InChI=1S/C13H15N3O3/c1-8-2-4-9(5-3-8)11(17)14-7-6-10-12(18)16-13(19)15-10/h2-5,10H,6-7H2,1H3,(H,14,17)(H2,15,16,18,19). The molecule has 4 amide bonds. The average Bonchev–Trinajstić information content (AvgIpc) is 2.68. The SMILES string of the molecule is Cc1ccc(C(=O)NCCC2NC(=O)NC2=O)cc1. The van der Waals surface area contributed by atoms with Gasteiger partial charge >= 0.3 is 6.03 Å². The highest BCUT2D eigenvalue weighted by Crippen LogP contribution is 2.03. The van der Waals surface area contributed by atoms with Crippen molar-refractivity contribution in [2.24, 2.45) is 0 Å². The van der Waals surface area contributed by atoms with Crippen molar-refractivity contribution >= 4 is 17.8 Å². The number of aryl methyl sites for hydroxylation is 1. The summed E-state index contributed by atoms with van der Waals surface area (Å²) in [5.41, 5.74) is 1.66. The number of hydrogen-bond acceptors (Lipinski definition) is 3. The molecule has 0 saturated carbocycles. The number of rotatable bonds is 4. The summed E-state index contributed by atoms with van der Waals surface area (Å²) in [7, 11) is 0. The number of carbonyl (C=O) groups is 3. The Morgan fingerprint density at radius 3 is 2.53 bits per heavy atom. The summed E-state index contributed by atoms with van der Waals surface area (Å²) in [4.78, 5) is 33.9. The van der Waals surface area contributed by atoms with Gasteiger partial charge in [-0.3, -0.25) is 14.9 Å². The van der Waals surface area contributed by atoms with Gasteiger partial charge in [0.05, 0.1) is 0 Å². The van der Waals surface area contributed by atoms with Gasteiger partial charge in [0, 0.05) is 12.1 Å². The second kappa shape index (κ2) is 5.51. The Morgan fingerprint density at radius 1 is 1.26 bits per heavy atom. The molecule has 1 saturated heterocycles. The Kier molecular flexibility index (Phi) is 3.79. The third-order valence-corrected chi connectivity index (χ3v) is 2.89. The van der Waals surface area contributed by atoms with E-state index in [1.807, 2.05) is 19.1 Å². The van der Waals surface area contributed by atoms with Crippen LogP contribution in [0.3, 0.4) is 0 Å². The Hall–Kier alpha value is -2.37. The van der Waals surface area contributed by atoms with Crippen molar-refractivity contribution < 1.29 is 14.4 Å². The lowest BCUT2D eigenvalue weighted by Crippen LogP contribution is -2.34. The normalized spacial score (nSPS) is 17.8. The van der Waals surface area contributed by atoms with Gasteiger partial charge < -0.3 is 10.6 Å². The van der Waals surface area contributed by atoms with Crippen LogP contribution < -0.4 is 16.0 Å². The third-order valence-electron chi connectivity index (χ3n) is 2.89. The lowest BCUT2D eigenvalue weighted by Gasteiger charge is -2.08. The summed E-state index contributed by atoms with van der Waals surface area (Å²) in [5.74, 6) is -0.542. The van der Waals surface area contributed by atoms with E-state index >= 15 is 0 Å². The monoisotopic (exact) mass is 261 g/mol. The van der Waals surface area contributed by atoms with Crippen molar-refractivity contribution in [2.45, 2.75) is 19.4 Å². The molecule has 1 aromatic carbocycles. The van der Waals surface area contributed by atoms with Crippen molar-refractivity contribution in [2.75, 3.05) is 6.54 Å². The van der Waals surface area contributed by atoms with Crippen LogP contribution in [-0.2, 0) is 4.79 Å². The largest absolute Gasteiger partial charge is 0.352 e. The molecule has 1 aliphatic rings. The van der Waals surface area contributed by atoms with Gasteiger partial charge in [-0.2, -0.15) is 0 Å². The highest BCUT2D eigenvalue weighted by molar-refractivity contribution is 6.04. The molecule has 2 rings (SSSR count). The summed E-state index contributed by atoms with van der Waals surface area (Å²) in [6.07, 6.45) is 0.370. The molecule has 1 aliphatic heterocycles. The predicted octanol–water partition coefficient (Wildman–Crippen LogP) is 0.323. The minimum atomic E-state index is -0.564. The molecule has 1 heterocycles. The number of amides is 4. The highest BCUT2D eigenvalue weighted by atomic mass is 16.2. The summed E-state index contributed by atoms with van der Waals surface area (Å²) in [6.45, 7) is 2.27. The van der Waals surface area contributed by atoms with Gasteiger partial charge in [0.15, 0.2) is 0 Å². The van der Waals surface area contributed by atoms with Gasteiger partial charge in [0.2, 0.25) is 0 Å². The fourth-order valence-electron chi connectivity index (χ4n) is 1.80. The van der Waals surface area contributed by atoms with E-state index in [1.165, 1.54) is 0 Å². The predicted molar refractivity (Wildman–Crippen MR) is 68.6 cm³/mol. The molecule has 100 valence electrons. The van der Waals surface area contributed by atoms with E-state index in [1.54, 1.807) is 12.1 Å². The van der Waals surface area contributed by atoms with Crippen LogP contribution in [0.25, 0.3) is 0 Å². The topological polar surface area (TPSA) is 87.3 Å². The molecule has 1 unspecified atom stereocenters. The third kappa shape index (κ3) is 3.31. The van der Waals surface area contributed by atoms with Gasteiger partial charge in [0.1, 0.15) is 6.04 Å². The fourth-order valence-corrected chi connectivity index (χ4v) is 1.80. The summed E-state index contributed by atoms with van der Waals surface area (Å²) in [5, 5.41) is 7.33. The number of imide groups is 1. The number of hydrogen-bond donors (Lipinski definition) is 3. The van der Waals surface area contributed by atoms with Crippen LogP contribution in [0.15, 0.2) is 24.3 Å². The smallest absolute Gasteiger partial charge is 0.322 e. The zero-order valence-electron chi connectivity index (χ0n) is 10.5. The van der Waals surface area contributed by atoms with Gasteiger partial charge in [-0.25, -0.2) is 4.79 Å². The van der Waals surface area contributed by atoms with Crippen LogP contribution in [0.5, 0.6) is 0 Å². The van der Waals surface area contributed by atoms with Crippen LogP contribution in [-0.4, -0.2) is 30.4 Å². The first-order valence-electron chi connectivity index (χ1n) is 6.02. The van der Waals surface area contributed by atoms with E-state index in [2.05, 4.69) is 16.0 Å². The fraction of sp³-hybridized carbons (Fsp3) is 0.308. The molecule has 0 aromatic heterocycles. The van der Waals surface area contributed by atoms with Gasteiger partial charge in [0.25, 0.3) is 11.8 Å². The zero-order valence-corrected chi connectivity index (χ0v) is 10.5. The summed E-state index contributed by atoms with van der Waals surface area (Å²) in [6, 6.07) is 6.16. The number of benzene rings is 1. The molecule has 0 spiro atoms. The maximum Gasteiger partial charge on any atom is 0.322 e. The number of urea groups is 1. The van der Waals surface area contributed by atoms with Crippen LogP contribution in [0.4, 0.5) is 4.79 Å². The minimum absolute atomic E-state index is 0.190. The first-order chi connectivity index (χ1) is 9.06. The van der Waals surface area contributed by atoms with Crippen molar-refractivity contribution in [3.8, 4) is 0 Å². The molecule has 1 fully saturated rings. The molecule has 19 heavy (non-hydrogen) atoms. The molecule has 0 aliphatic carbocycles. The maximum atomic E-state index is 11.8. The van der Waals surface area contributed by atoms with Crippen LogP contribution in [0, 0.1) is 6.92 Å². The Labute approximate surface area is 110 Å². The highest BCUT2D eigenvalue weighted by Gasteiger charge is 2.28. The lowest BCUT2D eigenvalue weighted by molar-refractivity contribution is -0.120. The van der Waals surface area contributed by atoms with Crippen LogP contribution in [0.2, 0.25) is 0 Å². The quantitative estimate of drug-likeness (QED) is 0.682. The molecule has 1 atom stereocenters.